The quantitative estimate of drug-likeness (QED) is 0.235. The smallest absolute Gasteiger partial charge is 0.261 e. The Morgan fingerprint density at radius 1 is 0.976 bits per heavy atom. The summed E-state index contributed by atoms with van der Waals surface area (Å²) < 4.78 is 2.02. The van der Waals surface area contributed by atoms with Gasteiger partial charge in [-0.1, -0.05) is 43.3 Å². The monoisotopic (exact) mass is 555 g/mol. The topological polar surface area (TPSA) is 94.6 Å². The molecule has 3 aromatic heterocycles. The zero-order valence-corrected chi connectivity index (χ0v) is 23.6. The number of nitrogens with one attached hydrogen (secondary N) is 3. The fourth-order valence-electron chi connectivity index (χ4n) is 7.01. The summed E-state index contributed by atoms with van der Waals surface area (Å²) >= 11 is 0. The number of aromatic amines is 2. The molecule has 42 heavy (non-hydrogen) atoms. The summed E-state index contributed by atoms with van der Waals surface area (Å²) in [5.41, 5.74) is 8.29. The van der Waals surface area contributed by atoms with Crippen LogP contribution >= 0.6 is 0 Å². The number of para-hydroxylation sites is 2. The highest BCUT2D eigenvalue weighted by Crippen LogP contribution is 2.40. The van der Waals surface area contributed by atoms with Gasteiger partial charge in [-0.25, -0.2) is 9.97 Å². The van der Waals surface area contributed by atoms with Crippen LogP contribution < -0.4 is 10.9 Å². The predicted molar refractivity (Wildman–Crippen MR) is 168 cm³/mol. The first-order valence-corrected chi connectivity index (χ1v) is 14.9. The van der Waals surface area contributed by atoms with Gasteiger partial charge in [0.1, 0.15) is 11.4 Å². The maximum atomic E-state index is 14.0. The van der Waals surface area contributed by atoms with Crippen molar-refractivity contribution in [2.75, 3.05) is 25.0 Å². The van der Waals surface area contributed by atoms with E-state index in [1.54, 1.807) is 6.20 Å². The van der Waals surface area contributed by atoms with Gasteiger partial charge in [0.05, 0.1) is 34.3 Å². The number of benzene rings is 3. The molecule has 8 nitrogen and oxygen atoms in total. The van der Waals surface area contributed by atoms with E-state index in [2.05, 4.69) is 68.5 Å². The maximum Gasteiger partial charge on any atom is 0.261 e. The maximum absolute atomic E-state index is 14.0. The first-order valence-electron chi connectivity index (χ1n) is 14.9. The van der Waals surface area contributed by atoms with E-state index in [9.17, 15) is 4.79 Å². The van der Waals surface area contributed by atoms with Crippen molar-refractivity contribution in [1.29, 1.82) is 0 Å². The number of pyridine rings is 1. The Morgan fingerprint density at radius 2 is 1.81 bits per heavy atom. The molecule has 9 rings (SSSR count). The number of anilines is 1. The van der Waals surface area contributed by atoms with Crippen LogP contribution in [0.1, 0.15) is 25.3 Å². The van der Waals surface area contributed by atoms with E-state index in [0.717, 1.165) is 64.9 Å². The molecule has 0 spiro atoms. The SMILES string of the molecule is CCc1ccccc1-c1cc2c(N[C@H]3CN4CCC3CC4)c(-c3nc4ccccc4[nH]3)c(=O)[nH]c2cc1-n1ccnc1. The number of H-pyrrole nitrogens is 2. The van der Waals surface area contributed by atoms with Crippen molar-refractivity contribution >= 4 is 27.6 Å². The lowest BCUT2D eigenvalue weighted by atomic mass is 9.83. The summed E-state index contributed by atoms with van der Waals surface area (Å²) in [4.78, 5) is 32.4. The fourth-order valence-corrected chi connectivity index (χ4v) is 7.01. The van der Waals surface area contributed by atoms with Crippen molar-refractivity contribution in [1.82, 2.24) is 29.4 Å². The summed E-state index contributed by atoms with van der Waals surface area (Å²) in [5.74, 6) is 1.16. The molecule has 0 saturated carbocycles. The van der Waals surface area contributed by atoms with Gasteiger partial charge in [0.2, 0.25) is 0 Å². The average Bonchev–Trinajstić information content (AvgIpc) is 3.72. The van der Waals surface area contributed by atoms with Gasteiger partial charge in [-0.2, -0.15) is 0 Å². The van der Waals surface area contributed by atoms with Gasteiger partial charge in [0, 0.05) is 35.9 Å². The molecule has 3 aromatic carbocycles. The number of nitrogens with zero attached hydrogens (tertiary/aromatic N) is 4. The lowest BCUT2D eigenvalue weighted by molar-refractivity contribution is 0.0976. The second kappa shape index (κ2) is 9.99. The highest BCUT2D eigenvalue weighted by Gasteiger charge is 2.35. The molecule has 2 bridgehead atoms. The highest BCUT2D eigenvalue weighted by molar-refractivity contribution is 6.03. The van der Waals surface area contributed by atoms with Crippen LogP contribution in [0.4, 0.5) is 5.69 Å². The van der Waals surface area contributed by atoms with Gasteiger partial charge in [0.15, 0.2) is 0 Å². The molecule has 6 heterocycles. The van der Waals surface area contributed by atoms with Gasteiger partial charge < -0.3 is 24.8 Å². The third-order valence-electron chi connectivity index (χ3n) is 9.21. The fraction of sp³-hybridized carbons (Fsp3) is 0.265. The molecular formula is C34H33N7O. The molecule has 3 N–H and O–H groups in total. The Labute approximate surface area is 243 Å². The molecule has 0 amide bonds. The summed E-state index contributed by atoms with van der Waals surface area (Å²) in [6.45, 7) is 5.48. The molecule has 3 aliphatic heterocycles. The normalized spacial score (nSPS) is 20.0. The van der Waals surface area contributed by atoms with Crippen LogP contribution in [0, 0.1) is 5.92 Å². The third kappa shape index (κ3) is 4.13. The van der Waals surface area contributed by atoms with E-state index in [1.165, 1.54) is 24.0 Å². The van der Waals surface area contributed by atoms with Crippen molar-refractivity contribution in [3.63, 3.8) is 0 Å². The van der Waals surface area contributed by atoms with Crippen molar-refractivity contribution in [2.45, 2.75) is 32.2 Å². The number of piperidine rings is 3. The van der Waals surface area contributed by atoms with Gasteiger partial charge in [-0.3, -0.25) is 4.79 Å². The molecule has 3 fully saturated rings. The first-order chi connectivity index (χ1) is 20.7. The number of rotatable bonds is 6. The molecule has 6 aromatic rings. The minimum Gasteiger partial charge on any atom is -0.379 e. The number of hydrogen-bond donors (Lipinski definition) is 3. The Morgan fingerprint density at radius 3 is 2.57 bits per heavy atom. The van der Waals surface area contributed by atoms with Crippen molar-refractivity contribution < 1.29 is 0 Å². The summed E-state index contributed by atoms with van der Waals surface area (Å²) in [6.07, 6.45) is 8.82. The van der Waals surface area contributed by atoms with E-state index in [-0.39, 0.29) is 11.6 Å². The summed E-state index contributed by atoms with van der Waals surface area (Å²) in [5, 5.41) is 4.91. The van der Waals surface area contributed by atoms with Crippen LogP contribution in [-0.4, -0.2) is 55.1 Å². The molecule has 3 saturated heterocycles. The minimum atomic E-state index is -0.163. The van der Waals surface area contributed by atoms with Gasteiger partial charge in [0.25, 0.3) is 5.56 Å². The van der Waals surface area contributed by atoms with Crippen LogP contribution in [0.15, 0.2) is 84.2 Å². The first kappa shape index (κ1) is 25.1. The standard InChI is InChI=1S/C34H33N7O/c1-2-21-7-3-4-8-23(21)24-17-25-28(18-30(24)41-16-13-35-20-41)39-34(42)31(33-37-26-9-5-6-10-27(26)38-33)32(25)36-29-19-40-14-11-22(29)12-15-40/h3-10,13,16-18,20,22,29H,2,11-12,14-15,19H2,1H3,(H,37,38)(H2,36,39,42)/t29-/m0/s1. The van der Waals surface area contributed by atoms with Crippen LogP contribution in [0.25, 0.3) is 50.1 Å². The van der Waals surface area contributed by atoms with E-state index >= 15 is 0 Å². The van der Waals surface area contributed by atoms with Crippen molar-refractivity contribution in [3.8, 4) is 28.2 Å². The van der Waals surface area contributed by atoms with Crippen LogP contribution in [-0.2, 0) is 6.42 Å². The Bertz CT molecular complexity index is 1950. The highest BCUT2D eigenvalue weighted by atomic mass is 16.1. The number of aromatic nitrogens is 5. The average molecular weight is 556 g/mol. The molecule has 0 unspecified atom stereocenters. The molecule has 8 heteroatoms. The number of aryl methyl sites for hydroxylation is 1. The lowest BCUT2D eigenvalue weighted by Gasteiger charge is -2.45. The van der Waals surface area contributed by atoms with Gasteiger partial charge in [-0.15, -0.1) is 0 Å². The third-order valence-corrected chi connectivity index (χ3v) is 9.21. The predicted octanol–water partition coefficient (Wildman–Crippen LogP) is 5.99. The van der Waals surface area contributed by atoms with Gasteiger partial charge >= 0.3 is 0 Å². The van der Waals surface area contributed by atoms with Crippen LogP contribution in [0.3, 0.4) is 0 Å². The van der Waals surface area contributed by atoms with E-state index in [1.807, 2.05) is 41.4 Å². The Hall–Kier alpha value is -4.69. The number of hydrogen-bond acceptors (Lipinski definition) is 5. The molecular weight excluding hydrogens is 522 g/mol. The summed E-state index contributed by atoms with van der Waals surface area (Å²) in [6, 6.07) is 21.1. The number of fused-ring (bicyclic) bond motifs is 5. The Balaban J connectivity index is 1.41. The van der Waals surface area contributed by atoms with E-state index in [4.69, 9.17) is 4.98 Å². The van der Waals surface area contributed by atoms with Crippen LogP contribution in [0.5, 0.6) is 0 Å². The number of imidazole rings is 2. The largest absolute Gasteiger partial charge is 0.379 e. The van der Waals surface area contributed by atoms with Crippen LogP contribution in [0.2, 0.25) is 0 Å². The van der Waals surface area contributed by atoms with E-state index in [0.29, 0.717) is 17.3 Å². The molecule has 3 aliphatic rings. The minimum absolute atomic E-state index is 0.163. The van der Waals surface area contributed by atoms with Gasteiger partial charge in [-0.05, 0) is 73.7 Å². The molecule has 0 radical (unpaired) electrons. The second-order valence-corrected chi connectivity index (χ2v) is 11.6. The zero-order valence-electron chi connectivity index (χ0n) is 23.6. The zero-order chi connectivity index (χ0) is 28.2. The van der Waals surface area contributed by atoms with E-state index < -0.39 is 0 Å². The lowest BCUT2D eigenvalue weighted by Crippen LogP contribution is -2.53. The van der Waals surface area contributed by atoms with Crippen molar-refractivity contribution in [3.05, 3.63) is 95.3 Å². The molecule has 0 aliphatic carbocycles. The summed E-state index contributed by atoms with van der Waals surface area (Å²) in [7, 11) is 0. The molecule has 210 valence electrons. The van der Waals surface area contributed by atoms with Crippen molar-refractivity contribution in [2.24, 2.45) is 5.92 Å². The Kier molecular flexibility index (Phi) is 5.96. The molecule has 1 atom stereocenters. The second-order valence-electron chi connectivity index (χ2n) is 11.6.